The van der Waals surface area contributed by atoms with Crippen molar-refractivity contribution in [3.63, 3.8) is 0 Å². The number of rotatable bonds is 7. The predicted molar refractivity (Wildman–Crippen MR) is 104 cm³/mol. The minimum atomic E-state index is -0.352. The van der Waals surface area contributed by atoms with E-state index in [1.54, 1.807) is 18.2 Å². The number of hydrogen-bond donors (Lipinski definition) is 1. The van der Waals surface area contributed by atoms with Gasteiger partial charge in [0.1, 0.15) is 12.4 Å². The molecular weight excluding hydrogens is 334 g/mol. The fourth-order valence-corrected chi connectivity index (χ4v) is 2.86. The highest BCUT2D eigenvalue weighted by atomic mass is 35.5. The minimum Gasteiger partial charge on any atom is -0.489 e. The SMILES string of the molecule is CC(C)c1ccc(C(C)C)c(OCc2cc(Cl)ccc2C(=O)C=N)c1. The third-order valence-corrected chi connectivity index (χ3v) is 4.41. The lowest BCUT2D eigenvalue weighted by atomic mass is 9.96. The first-order chi connectivity index (χ1) is 11.8. The average molecular weight is 358 g/mol. The maximum atomic E-state index is 11.9. The Morgan fingerprint density at radius 1 is 1.12 bits per heavy atom. The van der Waals surface area contributed by atoms with Crippen molar-refractivity contribution in [2.75, 3.05) is 0 Å². The highest BCUT2D eigenvalue weighted by Crippen LogP contribution is 2.31. The van der Waals surface area contributed by atoms with Crippen LogP contribution in [0.15, 0.2) is 36.4 Å². The number of Topliss-reactive ketones (excluding diaryl/α,β-unsaturated/α-hetero) is 1. The van der Waals surface area contributed by atoms with E-state index >= 15 is 0 Å². The lowest BCUT2D eigenvalue weighted by Crippen LogP contribution is -2.08. The van der Waals surface area contributed by atoms with Crippen molar-refractivity contribution < 1.29 is 9.53 Å². The highest BCUT2D eigenvalue weighted by Gasteiger charge is 2.14. The van der Waals surface area contributed by atoms with Gasteiger partial charge in [0.25, 0.3) is 0 Å². The molecule has 0 atom stereocenters. The summed E-state index contributed by atoms with van der Waals surface area (Å²) < 4.78 is 6.08. The zero-order valence-corrected chi connectivity index (χ0v) is 15.9. The lowest BCUT2D eigenvalue weighted by molar-refractivity contribution is 0.106. The quantitative estimate of drug-likeness (QED) is 0.488. The van der Waals surface area contributed by atoms with Gasteiger partial charge in [-0.25, -0.2) is 0 Å². The predicted octanol–water partition coefficient (Wildman–Crippen LogP) is 6.00. The summed E-state index contributed by atoms with van der Waals surface area (Å²) in [6.45, 7) is 8.77. The maximum Gasteiger partial charge on any atom is 0.203 e. The van der Waals surface area contributed by atoms with E-state index in [2.05, 4.69) is 45.9 Å². The van der Waals surface area contributed by atoms with Crippen LogP contribution in [0.25, 0.3) is 0 Å². The molecule has 0 aromatic heterocycles. The molecule has 0 amide bonds. The van der Waals surface area contributed by atoms with E-state index in [-0.39, 0.29) is 12.4 Å². The Morgan fingerprint density at radius 3 is 2.44 bits per heavy atom. The van der Waals surface area contributed by atoms with Gasteiger partial charge < -0.3 is 10.1 Å². The number of carbonyl (C=O) groups excluding carboxylic acids is 1. The summed E-state index contributed by atoms with van der Waals surface area (Å²) in [4.78, 5) is 11.9. The summed E-state index contributed by atoms with van der Waals surface area (Å²) in [5.74, 6) is 1.22. The van der Waals surface area contributed by atoms with Crippen LogP contribution in [0.3, 0.4) is 0 Å². The molecule has 2 aromatic carbocycles. The Balaban J connectivity index is 2.35. The summed E-state index contributed by atoms with van der Waals surface area (Å²) in [5.41, 5.74) is 3.48. The summed E-state index contributed by atoms with van der Waals surface area (Å²) in [6.07, 6.45) is 0.811. The van der Waals surface area contributed by atoms with Crippen LogP contribution in [0.2, 0.25) is 5.02 Å². The number of ether oxygens (including phenoxy) is 1. The van der Waals surface area contributed by atoms with Gasteiger partial charge in [-0.15, -0.1) is 0 Å². The molecule has 4 heteroatoms. The summed E-state index contributed by atoms with van der Waals surface area (Å²) in [7, 11) is 0. The third kappa shape index (κ3) is 4.70. The smallest absolute Gasteiger partial charge is 0.203 e. The van der Waals surface area contributed by atoms with Crippen molar-refractivity contribution in [2.45, 2.75) is 46.1 Å². The summed E-state index contributed by atoms with van der Waals surface area (Å²) in [5, 5.41) is 7.75. The van der Waals surface area contributed by atoms with Crippen molar-refractivity contribution in [3.05, 3.63) is 63.7 Å². The number of hydrogen-bond acceptors (Lipinski definition) is 3. The van der Waals surface area contributed by atoms with Crippen LogP contribution >= 0.6 is 11.6 Å². The van der Waals surface area contributed by atoms with E-state index in [0.717, 1.165) is 17.5 Å². The topological polar surface area (TPSA) is 50.2 Å². The van der Waals surface area contributed by atoms with Gasteiger partial charge in [0.05, 0.1) is 6.21 Å². The standard InChI is InChI=1S/C21H24ClNO2/c1-13(2)15-5-7-18(14(3)4)21(10-15)25-12-16-9-17(22)6-8-19(16)20(24)11-23/h5-11,13-14,23H,12H2,1-4H3. The van der Waals surface area contributed by atoms with Gasteiger partial charge in [-0.2, -0.15) is 0 Å². The van der Waals surface area contributed by atoms with Gasteiger partial charge in [0.2, 0.25) is 5.78 Å². The molecule has 0 aliphatic carbocycles. The zero-order chi connectivity index (χ0) is 18.6. The molecule has 0 saturated heterocycles. The Morgan fingerprint density at radius 2 is 1.84 bits per heavy atom. The van der Waals surface area contributed by atoms with E-state index in [0.29, 0.717) is 28.0 Å². The maximum absolute atomic E-state index is 11.9. The fraction of sp³-hybridized carbons (Fsp3) is 0.333. The van der Waals surface area contributed by atoms with Gasteiger partial charge in [-0.05, 0) is 47.2 Å². The van der Waals surface area contributed by atoms with Crippen LogP contribution in [0.1, 0.15) is 66.6 Å². The molecular formula is C21H24ClNO2. The Kier molecular flexibility index (Phi) is 6.38. The van der Waals surface area contributed by atoms with Crippen LogP contribution in [-0.4, -0.2) is 12.0 Å². The molecule has 0 unspecified atom stereocenters. The Bertz CT molecular complexity index is 781. The molecule has 3 nitrogen and oxygen atoms in total. The van der Waals surface area contributed by atoms with Gasteiger partial charge >= 0.3 is 0 Å². The van der Waals surface area contributed by atoms with E-state index in [1.165, 1.54) is 5.56 Å². The second-order valence-corrected chi connectivity index (χ2v) is 7.14. The molecule has 0 radical (unpaired) electrons. The first-order valence-electron chi connectivity index (χ1n) is 8.43. The molecule has 2 rings (SSSR count). The molecule has 0 bridgehead atoms. The van der Waals surface area contributed by atoms with Gasteiger partial charge in [0.15, 0.2) is 0 Å². The van der Waals surface area contributed by atoms with Crippen LogP contribution < -0.4 is 4.74 Å². The molecule has 2 aromatic rings. The first kappa shape index (κ1) is 19.2. The van der Waals surface area contributed by atoms with Crippen molar-refractivity contribution in [2.24, 2.45) is 0 Å². The lowest BCUT2D eigenvalue weighted by Gasteiger charge is -2.18. The monoisotopic (exact) mass is 357 g/mol. The summed E-state index contributed by atoms with van der Waals surface area (Å²) in [6, 6.07) is 11.3. The molecule has 0 saturated carbocycles. The second kappa shape index (κ2) is 8.30. The van der Waals surface area contributed by atoms with Crippen LogP contribution in [0, 0.1) is 5.41 Å². The van der Waals surface area contributed by atoms with Crippen LogP contribution in [0.5, 0.6) is 5.75 Å². The van der Waals surface area contributed by atoms with Crippen LogP contribution in [0.4, 0.5) is 0 Å². The van der Waals surface area contributed by atoms with E-state index < -0.39 is 0 Å². The number of ketones is 1. The molecule has 132 valence electrons. The number of benzene rings is 2. The van der Waals surface area contributed by atoms with Gasteiger partial charge in [-0.3, -0.25) is 4.79 Å². The first-order valence-corrected chi connectivity index (χ1v) is 8.81. The third-order valence-electron chi connectivity index (χ3n) is 4.17. The molecule has 0 aliphatic heterocycles. The zero-order valence-electron chi connectivity index (χ0n) is 15.1. The average Bonchev–Trinajstić information content (AvgIpc) is 2.58. The molecule has 1 N–H and O–H groups in total. The number of nitrogens with one attached hydrogen (secondary N) is 1. The molecule has 0 fully saturated rings. The van der Waals surface area contributed by atoms with E-state index in [9.17, 15) is 4.79 Å². The van der Waals surface area contributed by atoms with Crippen molar-refractivity contribution in [1.82, 2.24) is 0 Å². The molecule has 25 heavy (non-hydrogen) atoms. The van der Waals surface area contributed by atoms with Crippen molar-refractivity contribution in [3.8, 4) is 5.75 Å². The largest absolute Gasteiger partial charge is 0.489 e. The minimum absolute atomic E-state index is 0.233. The van der Waals surface area contributed by atoms with Gasteiger partial charge in [-0.1, -0.05) is 51.4 Å². The molecule has 0 heterocycles. The number of carbonyl (C=O) groups is 1. The van der Waals surface area contributed by atoms with E-state index in [1.807, 2.05) is 0 Å². The molecule has 0 spiro atoms. The molecule has 0 aliphatic rings. The van der Waals surface area contributed by atoms with E-state index in [4.69, 9.17) is 21.7 Å². The highest BCUT2D eigenvalue weighted by molar-refractivity contribution is 6.35. The Labute approximate surface area is 154 Å². The number of halogens is 1. The summed E-state index contributed by atoms with van der Waals surface area (Å²) >= 11 is 6.07. The van der Waals surface area contributed by atoms with Crippen LogP contribution in [-0.2, 0) is 6.61 Å². The van der Waals surface area contributed by atoms with Crippen molar-refractivity contribution in [1.29, 1.82) is 5.41 Å². The Hall–Kier alpha value is -2.13. The second-order valence-electron chi connectivity index (χ2n) is 6.71. The van der Waals surface area contributed by atoms with Gasteiger partial charge in [0, 0.05) is 16.1 Å². The van der Waals surface area contributed by atoms with Crippen molar-refractivity contribution >= 4 is 23.6 Å². The fourth-order valence-electron chi connectivity index (χ4n) is 2.67. The normalized spacial score (nSPS) is 11.0.